The SMILES string of the molecule is O=c1n(Cc2ccccc2OC(O)(OCc2ccccc2)OCc2ccccc2)nc2c(-c3ccc(Cl)cc3)c(-c3ccc(Cl)cc3)cnn12. The first-order chi connectivity index (χ1) is 24.3. The smallest absolute Gasteiger partial charge is 0.416 e. The van der Waals surface area contributed by atoms with E-state index < -0.39 is 11.8 Å². The second-order valence-corrected chi connectivity index (χ2v) is 12.3. The van der Waals surface area contributed by atoms with Crippen LogP contribution in [0.4, 0.5) is 0 Å². The van der Waals surface area contributed by atoms with Crippen molar-refractivity contribution < 1.29 is 19.3 Å². The number of benzene rings is 5. The molecule has 2 aromatic heterocycles. The van der Waals surface area contributed by atoms with Crippen LogP contribution in [0.5, 0.6) is 5.75 Å². The molecule has 50 heavy (non-hydrogen) atoms. The van der Waals surface area contributed by atoms with Crippen LogP contribution in [0.15, 0.2) is 144 Å². The minimum absolute atomic E-state index is 0.00921. The number of aliphatic hydroxyl groups is 1. The summed E-state index contributed by atoms with van der Waals surface area (Å²) in [6.07, 6.45) is -0.832. The van der Waals surface area contributed by atoms with E-state index in [0.717, 1.165) is 27.8 Å². The van der Waals surface area contributed by atoms with Crippen LogP contribution in [0.25, 0.3) is 27.9 Å². The lowest BCUT2D eigenvalue weighted by Gasteiger charge is -2.28. The van der Waals surface area contributed by atoms with Gasteiger partial charge in [0.2, 0.25) is 0 Å². The molecule has 0 saturated heterocycles. The van der Waals surface area contributed by atoms with Crippen molar-refractivity contribution in [3.63, 3.8) is 0 Å². The Hall–Kier alpha value is -5.29. The van der Waals surface area contributed by atoms with Crippen LogP contribution in [-0.2, 0) is 29.2 Å². The van der Waals surface area contributed by atoms with Gasteiger partial charge in [0.15, 0.2) is 5.65 Å². The van der Waals surface area contributed by atoms with E-state index >= 15 is 0 Å². The quantitative estimate of drug-likeness (QED) is 0.129. The Bertz CT molecular complexity index is 2230. The van der Waals surface area contributed by atoms with E-state index in [2.05, 4.69) is 5.10 Å². The topological polar surface area (TPSA) is 100 Å². The van der Waals surface area contributed by atoms with E-state index in [1.807, 2.05) is 84.9 Å². The molecule has 0 saturated carbocycles. The number of rotatable bonds is 12. The molecule has 0 radical (unpaired) electrons. The molecule has 0 fully saturated rings. The highest BCUT2D eigenvalue weighted by Gasteiger charge is 2.34. The molecule has 1 N–H and O–H groups in total. The summed E-state index contributed by atoms with van der Waals surface area (Å²) in [5, 5.41) is 22.0. The molecule has 0 spiro atoms. The summed E-state index contributed by atoms with van der Waals surface area (Å²) in [5.74, 6) is 0.229. The molecule has 5 aromatic carbocycles. The van der Waals surface area contributed by atoms with Gasteiger partial charge in [0, 0.05) is 26.7 Å². The maximum Gasteiger partial charge on any atom is 0.458 e. The molecule has 7 rings (SSSR count). The minimum atomic E-state index is -2.47. The number of fused-ring (bicyclic) bond motifs is 1. The molecule has 0 atom stereocenters. The van der Waals surface area contributed by atoms with Crippen molar-refractivity contribution in [3.05, 3.63) is 177 Å². The van der Waals surface area contributed by atoms with Crippen molar-refractivity contribution in [2.45, 2.75) is 25.9 Å². The third kappa shape index (κ3) is 7.47. The monoisotopic (exact) mass is 704 g/mol. The summed E-state index contributed by atoms with van der Waals surface area (Å²) in [6, 6.07) is 40.4. The van der Waals surface area contributed by atoms with Crippen molar-refractivity contribution in [2.24, 2.45) is 0 Å². The predicted octanol–water partition coefficient (Wildman–Crippen LogP) is 8.00. The molecule has 250 valence electrons. The highest BCUT2D eigenvalue weighted by atomic mass is 35.5. The summed E-state index contributed by atoms with van der Waals surface area (Å²) in [7, 11) is 0. The average Bonchev–Trinajstić information content (AvgIpc) is 3.46. The summed E-state index contributed by atoms with van der Waals surface area (Å²) < 4.78 is 20.3. The fraction of sp³-hybridized carbons (Fsp3) is 0.103. The van der Waals surface area contributed by atoms with Crippen LogP contribution in [-0.4, -0.2) is 30.7 Å². The molecule has 7 aromatic rings. The number of ether oxygens (including phenoxy) is 3. The third-order valence-electron chi connectivity index (χ3n) is 7.96. The van der Waals surface area contributed by atoms with Crippen LogP contribution >= 0.6 is 23.2 Å². The Morgan fingerprint density at radius 3 is 1.82 bits per heavy atom. The molecular formula is C39H30Cl2N4O5. The standard InChI is InChI=1S/C39H30Cl2N4O5/c40-32-19-15-29(16-20-32)34-23-42-45-37(36(34)30-17-21-33(41)22-18-30)43-44(38(45)46)24-31-13-7-8-14-35(31)50-39(47,48-25-27-9-3-1-4-10-27)49-26-28-11-5-2-6-12-28/h1-23,47H,24-26H2. The highest BCUT2D eigenvalue weighted by molar-refractivity contribution is 6.31. The van der Waals surface area contributed by atoms with Gasteiger partial charge < -0.3 is 9.84 Å². The van der Waals surface area contributed by atoms with Crippen LogP contribution in [0.2, 0.25) is 10.0 Å². The van der Waals surface area contributed by atoms with E-state index in [9.17, 15) is 9.90 Å². The fourth-order valence-corrected chi connectivity index (χ4v) is 5.70. The molecule has 0 bridgehead atoms. The van der Waals surface area contributed by atoms with E-state index in [1.165, 1.54) is 9.20 Å². The zero-order valence-corrected chi connectivity index (χ0v) is 28.0. The van der Waals surface area contributed by atoms with Crippen molar-refractivity contribution in [1.29, 1.82) is 0 Å². The molecule has 0 aliphatic carbocycles. The van der Waals surface area contributed by atoms with E-state index in [1.54, 1.807) is 54.7 Å². The number of hydrogen-bond acceptors (Lipinski definition) is 7. The zero-order valence-electron chi connectivity index (χ0n) is 26.5. The molecule has 0 amide bonds. The second kappa shape index (κ2) is 14.7. The van der Waals surface area contributed by atoms with Gasteiger partial charge in [0.1, 0.15) is 5.75 Å². The molecule has 9 nitrogen and oxygen atoms in total. The molecule has 0 aliphatic rings. The number of para-hydroxylation sites is 1. The summed E-state index contributed by atoms with van der Waals surface area (Å²) in [5.41, 5.74) is 5.12. The highest BCUT2D eigenvalue weighted by Crippen LogP contribution is 2.35. The molecule has 0 unspecified atom stereocenters. The van der Waals surface area contributed by atoms with Crippen LogP contribution in [0.3, 0.4) is 0 Å². The first-order valence-corrected chi connectivity index (χ1v) is 16.5. The Labute approximate surface area is 297 Å². The van der Waals surface area contributed by atoms with E-state index in [-0.39, 0.29) is 25.5 Å². The van der Waals surface area contributed by atoms with Crippen molar-refractivity contribution >= 4 is 28.8 Å². The van der Waals surface area contributed by atoms with Crippen molar-refractivity contribution in [3.8, 4) is 28.0 Å². The Balaban J connectivity index is 1.24. The number of halogens is 2. The average molecular weight is 706 g/mol. The van der Waals surface area contributed by atoms with Gasteiger partial charge in [-0.25, -0.2) is 9.48 Å². The van der Waals surface area contributed by atoms with Gasteiger partial charge in [0.25, 0.3) is 0 Å². The number of aromatic nitrogens is 4. The largest absolute Gasteiger partial charge is 0.458 e. The van der Waals surface area contributed by atoms with Crippen LogP contribution < -0.4 is 10.4 Å². The maximum absolute atomic E-state index is 13.8. The van der Waals surface area contributed by atoms with Crippen molar-refractivity contribution in [2.75, 3.05) is 0 Å². The van der Waals surface area contributed by atoms with Gasteiger partial charge in [-0.2, -0.15) is 9.61 Å². The van der Waals surface area contributed by atoms with Gasteiger partial charge in [-0.3, -0.25) is 9.47 Å². The maximum atomic E-state index is 13.8. The van der Waals surface area contributed by atoms with Crippen LogP contribution in [0.1, 0.15) is 16.7 Å². The second-order valence-electron chi connectivity index (χ2n) is 11.4. The fourth-order valence-electron chi connectivity index (χ4n) is 5.44. The number of nitrogens with zero attached hydrogens (tertiary/aromatic N) is 4. The predicted molar refractivity (Wildman–Crippen MR) is 192 cm³/mol. The summed E-state index contributed by atoms with van der Waals surface area (Å²) in [6.45, 7) is 0.00667. The zero-order chi connectivity index (χ0) is 34.5. The molecule has 11 heteroatoms. The first kappa shape index (κ1) is 33.2. The van der Waals surface area contributed by atoms with Gasteiger partial charge in [-0.1, -0.05) is 126 Å². The molecular weight excluding hydrogens is 675 g/mol. The lowest BCUT2D eigenvalue weighted by atomic mass is 9.97. The normalized spacial score (nSPS) is 11.6. The lowest BCUT2D eigenvalue weighted by molar-refractivity contribution is -0.463. The van der Waals surface area contributed by atoms with Crippen molar-refractivity contribution in [1.82, 2.24) is 19.4 Å². The first-order valence-electron chi connectivity index (χ1n) is 15.7. The number of hydrogen-bond donors (Lipinski definition) is 1. The summed E-state index contributed by atoms with van der Waals surface area (Å²) in [4.78, 5) is 13.8. The van der Waals surface area contributed by atoms with Gasteiger partial charge in [-0.05, 0) is 52.6 Å². The van der Waals surface area contributed by atoms with Crippen LogP contribution in [0, 0.1) is 0 Å². The molecule has 2 heterocycles. The third-order valence-corrected chi connectivity index (χ3v) is 8.47. The summed E-state index contributed by atoms with van der Waals surface area (Å²) >= 11 is 12.4. The van der Waals surface area contributed by atoms with E-state index in [4.69, 9.17) is 42.5 Å². The van der Waals surface area contributed by atoms with Gasteiger partial charge in [-0.15, -0.1) is 5.10 Å². The lowest BCUT2D eigenvalue weighted by Crippen LogP contribution is -2.42. The van der Waals surface area contributed by atoms with E-state index in [0.29, 0.717) is 26.8 Å². The van der Waals surface area contributed by atoms with Gasteiger partial charge in [0.05, 0.1) is 26.0 Å². The molecule has 0 aliphatic heterocycles. The Morgan fingerprint density at radius 1 is 0.680 bits per heavy atom. The Kier molecular flexibility index (Phi) is 9.75. The Morgan fingerprint density at radius 2 is 1.22 bits per heavy atom. The minimum Gasteiger partial charge on any atom is -0.416 e. The van der Waals surface area contributed by atoms with Gasteiger partial charge >= 0.3 is 11.8 Å².